The average Bonchev–Trinajstić information content (AvgIpc) is 3.08. The van der Waals surface area contributed by atoms with Crippen LogP contribution < -0.4 is 0 Å². The molecule has 0 aliphatic carbocycles. The van der Waals surface area contributed by atoms with Crippen LogP contribution in [0.2, 0.25) is 0 Å². The minimum atomic E-state index is -0.863. The molecular formula is C42H74O6. The highest BCUT2D eigenvalue weighted by Gasteiger charge is 2.16. The Morgan fingerprint density at radius 1 is 0.583 bits per heavy atom. The summed E-state index contributed by atoms with van der Waals surface area (Å²) in [4.78, 5) is 24.3. The summed E-state index contributed by atoms with van der Waals surface area (Å²) in [6.07, 6.45) is 43.4. The molecule has 2 atom stereocenters. The highest BCUT2D eigenvalue weighted by atomic mass is 16.6. The van der Waals surface area contributed by atoms with Gasteiger partial charge < -0.3 is 19.7 Å². The Balaban J connectivity index is 3.74. The van der Waals surface area contributed by atoms with Gasteiger partial charge in [0.25, 0.3) is 0 Å². The lowest BCUT2D eigenvalue weighted by Crippen LogP contribution is -2.28. The number of hydrogen-bond acceptors (Lipinski definition) is 6. The highest BCUT2D eigenvalue weighted by molar-refractivity contribution is 5.70. The molecule has 0 bridgehead atoms. The van der Waals surface area contributed by atoms with Gasteiger partial charge in [0.05, 0.1) is 12.7 Å². The minimum Gasteiger partial charge on any atom is -0.462 e. The van der Waals surface area contributed by atoms with Crippen molar-refractivity contribution in [2.75, 3.05) is 13.2 Å². The van der Waals surface area contributed by atoms with Crippen LogP contribution >= 0.6 is 0 Å². The normalized spacial score (nSPS) is 13.3. The fourth-order valence-corrected chi connectivity index (χ4v) is 5.42. The van der Waals surface area contributed by atoms with Crippen LogP contribution in [0.4, 0.5) is 0 Å². The van der Waals surface area contributed by atoms with Gasteiger partial charge >= 0.3 is 11.9 Å². The van der Waals surface area contributed by atoms with Gasteiger partial charge in [-0.15, -0.1) is 0 Å². The molecule has 0 spiro atoms. The Hall–Kier alpha value is -2.18. The van der Waals surface area contributed by atoms with Crippen LogP contribution in [0.25, 0.3) is 0 Å². The van der Waals surface area contributed by atoms with E-state index in [1.54, 1.807) is 6.08 Å². The lowest BCUT2D eigenvalue weighted by Gasteiger charge is -2.16. The summed E-state index contributed by atoms with van der Waals surface area (Å²) in [5.41, 5.74) is 0. The zero-order valence-corrected chi connectivity index (χ0v) is 31.1. The molecule has 0 rings (SSSR count). The maximum Gasteiger partial charge on any atom is 0.306 e. The Morgan fingerprint density at radius 3 is 1.67 bits per heavy atom. The predicted octanol–water partition coefficient (Wildman–Crippen LogP) is 11.2. The first kappa shape index (κ1) is 45.8. The van der Waals surface area contributed by atoms with E-state index in [1.165, 1.54) is 103 Å². The van der Waals surface area contributed by atoms with Gasteiger partial charge in [0.2, 0.25) is 0 Å². The summed E-state index contributed by atoms with van der Waals surface area (Å²) >= 11 is 0. The van der Waals surface area contributed by atoms with Gasteiger partial charge in [0, 0.05) is 12.8 Å². The zero-order chi connectivity index (χ0) is 35.2. The fraction of sp³-hybridized carbons (Fsp3) is 0.762. The summed E-state index contributed by atoms with van der Waals surface area (Å²) in [6, 6.07) is 0. The van der Waals surface area contributed by atoms with Crippen LogP contribution in [0.3, 0.4) is 0 Å². The molecule has 0 aliphatic heterocycles. The van der Waals surface area contributed by atoms with E-state index in [0.717, 1.165) is 38.5 Å². The van der Waals surface area contributed by atoms with E-state index in [4.69, 9.17) is 9.47 Å². The second kappa shape index (κ2) is 37.6. The molecule has 0 aromatic carbocycles. The van der Waals surface area contributed by atoms with Crippen LogP contribution in [0.15, 0.2) is 48.6 Å². The summed E-state index contributed by atoms with van der Waals surface area (Å²) in [5.74, 6) is -0.790. The van der Waals surface area contributed by atoms with Gasteiger partial charge in [0.15, 0.2) is 6.10 Å². The smallest absolute Gasteiger partial charge is 0.306 e. The third-order valence-electron chi connectivity index (χ3n) is 8.48. The molecule has 0 fully saturated rings. The molecule has 0 aromatic heterocycles. The van der Waals surface area contributed by atoms with Crippen molar-refractivity contribution in [3.05, 3.63) is 48.6 Å². The summed E-state index contributed by atoms with van der Waals surface area (Å²) < 4.78 is 10.5. The second-order valence-corrected chi connectivity index (χ2v) is 13.2. The first-order chi connectivity index (χ1) is 23.5. The molecule has 0 unspecified atom stereocenters. The Bertz CT molecular complexity index is 830. The number of aliphatic hydroxyl groups excluding tert-OH is 2. The fourth-order valence-electron chi connectivity index (χ4n) is 5.42. The van der Waals surface area contributed by atoms with Crippen molar-refractivity contribution in [3.63, 3.8) is 0 Å². The van der Waals surface area contributed by atoms with E-state index in [0.29, 0.717) is 19.3 Å². The van der Waals surface area contributed by atoms with Crippen LogP contribution in [-0.4, -0.2) is 47.6 Å². The third-order valence-corrected chi connectivity index (χ3v) is 8.48. The van der Waals surface area contributed by atoms with Crippen LogP contribution in [0, 0.1) is 0 Å². The molecule has 2 N–H and O–H groups in total. The Morgan fingerprint density at radius 2 is 1.08 bits per heavy atom. The molecular weight excluding hydrogens is 600 g/mol. The van der Waals surface area contributed by atoms with Crippen molar-refractivity contribution in [1.82, 2.24) is 0 Å². The monoisotopic (exact) mass is 675 g/mol. The standard InChI is InChI=1S/C42H74O6/c1-3-5-7-9-11-13-15-17-18-19-21-23-25-27-29-31-35-41(45)47-38-40(37-43)48-42(46)36-32-34-39(44)33-30-28-26-24-22-20-16-14-12-10-8-6-4-2/h12,14,20,22,26,28,30,33,39-40,43-44H,3-11,13,15-19,21,23-25,27,29,31-32,34-38H2,1-2H3/b14-12-,22-20-,28-26-,33-30+/t39-,40-/m0/s1. The first-order valence-corrected chi connectivity index (χ1v) is 19.8. The number of unbranched alkanes of at least 4 members (excludes halogenated alkanes) is 18. The third kappa shape index (κ3) is 35.1. The zero-order valence-electron chi connectivity index (χ0n) is 31.1. The van der Waals surface area contributed by atoms with Crippen LogP contribution in [0.5, 0.6) is 0 Å². The summed E-state index contributed by atoms with van der Waals surface area (Å²) in [5, 5.41) is 19.7. The van der Waals surface area contributed by atoms with E-state index in [1.807, 2.05) is 18.2 Å². The molecule has 0 aromatic rings. The lowest BCUT2D eigenvalue weighted by atomic mass is 10.0. The number of ether oxygens (including phenoxy) is 2. The number of esters is 2. The summed E-state index contributed by atoms with van der Waals surface area (Å²) in [7, 11) is 0. The molecule has 48 heavy (non-hydrogen) atoms. The largest absolute Gasteiger partial charge is 0.462 e. The lowest BCUT2D eigenvalue weighted by molar-refractivity contribution is -0.161. The molecule has 0 saturated carbocycles. The molecule has 278 valence electrons. The quantitative estimate of drug-likeness (QED) is 0.0301. The number of carbonyl (C=O) groups excluding carboxylic acids is 2. The number of hydrogen-bond donors (Lipinski definition) is 2. The van der Waals surface area contributed by atoms with Gasteiger partial charge in [0.1, 0.15) is 6.61 Å². The van der Waals surface area contributed by atoms with Gasteiger partial charge in [-0.25, -0.2) is 0 Å². The molecule has 0 aliphatic rings. The predicted molar refractivity (Wildman–Crippen MR) is 202 cm³/mol. The van der Waals surface area contributed by atoms with Crippen molar-refractivity contribution < 1.29 is 29.3 Å². The van der Waals surface area contributed by atoms with Crippen molar-refractivity contribution in [2.45, 2.75) is 193 Å². The van der Waals surface area contributed by atoms with E-state index in [2.05, 4.69) is 38.2 Å². The topological polar surface area (TPSA) is 93.1 Å². The van der Waals surface area contributed by atoms with Crippen molar-refractivity contribution in [1.29, 1.82) is 0 Å². The van der Waals surface area contributed by atoms with E-state index >= 15 is 0 Å². The van der Waals surface area contributed by atoms with Crippen molar-refractivity contribution in [3.8, 4) is 0 Å². The Labute approximate surface area is 295 Å². The summed E-state index contributed by atoms with van der Waals surface area (Å²) in [6.45, 7) is 3.95. The molecule has 0 amide bonds. The molecule has 6 heteroatoms. The van der Waals surface area contributed by atoms with Crippen LogP contribution in [-0.2, 0) is 19.1 Å². The van der Waals surface area contributed by atoms with Crippen molar-refractivity contribution in [2.24, 2.45) is 0 Å². The number of aliphatic hydroxyl groups is 2. The number of rotatable bonds is 35. The van der Waals surface area contributed by atoms with Gasteiger partial charge in [-0.05, 0) is 44.9 Å². The van der Waals surface area contributed by atoms with E-state index < -0.39 is 24.8 Å². The van der Waals surface area contributed by atoms with Gasteiger partial charge in [-0.3, -0.25) is 9.59 Å². The molecule has 0 radical (unpaired) electrons. The van der Waals surface area contributed by atoms with Gasteiger partial charge in [-0.1, -0.05) is 172 Å². The maximum atomic E-state index is 12.2. The number of carbonyl (C=O) groups is 2. The van der Waals surface area contributed by atoms with Crippen molar-refractivity contribution >= 4 is 11.9 Å². The molecule has 6 nitrogen and oxygen atoms in total. The SMILES string of the molecule is CCCCC/C=C\C/C=C\C/C=C\C=C\[C@H](O)CCCC(=O)O[C@@H](CO)COC(=O)CCCCCCCCCCCCCCCCCC. The molecule has 0 saturated heterocycles. The average molecular weight is 675 g/mol. The van der Waals surface area contributed by atoms with Gasteiger partial charge in [-0.2, -0.15) is 0 Å². The minimum absolute atomic E-state index is 0.127. The maximum absolute atomic E-state index is 12.2. The number of allylic oxidation sites excluding steroid dienone is 7. The Kier molecular flexibility index (Phi) is 35.9. The first-order valence-electron chi connectivity index (χ1n) is 19.8. The van der Waals surface area contributed by atoms with Crippen LogP contribution in [0.1, 0.15) is 181 Å². The second-order valence-electron chi connectivity index (χ2n) is 13.2. The van der Waals surface area contributed by atoms with E-state index in [-0.39, 0.29) is 19.0 Å². The molecule has 0 heterocycles. The van der Waals surface area contributed by atoms with E-state index in [9.17, 15) is 19.8 Å². The highest BCUT2D eigenvalue weighted by Crippen LogP contribution is 2.14.